The van der Waals surface area contributed by atoms with Crippen molar-refractivity contribution >= 4 is 33.6 Å². The van der Waals surface area contributed by atoms with Crippen LogP contribution in [0.1, 0.15) is 0 Å². The molecule has 0 atom stereocenters. The Morgan fingerprint density at radius 3 is 2.38 bits per heavy atom. The third-order valence-electron chi connectivity index (χ3n) is 1.57. The Morgan fingerprint density at radius 1 is 1.31 bits per heavy atom. The third kappa shape index (κ3) is 3.35. The maximum Gasteiger partial charge on any atom is 0.344 e. The zero-order valence-electron chi connectivity index (χ0n) is 7.85. The first-order chi connectivity index (χ1) is 7.50. The van der Waals surface area contributed by atoms with Gasteiger partial charge in [0.2, 0.25) is 0 Å². The van der Waals surface area contributed by atoms with E-state index in [-0.39, 0.29) is 0 Å². The van der Waals surface area contributed by atoms with E-state index < -0.39 is 17.5 Å². The van der Waals surface area contributed by atoms with Crippen molar-refractivity contribution in [1.29, 1.82) is 0 Å². The molecule has 0 fully saturated rings. The number of anilines is 1. The van der Waals surface area contributed by atoms with Crippen LogP contribution in [0.25, 0.3) is 0 Å². The highest BCUT2D eigenvalue weighted by atomic mass is 79.9. The minimum Gasteiger partial charge on any atom is -0.477 e. The van der Waals surface area contributed by atoms with Gasteiger partial charge in [-0.1, -0.05) is 0 Å². The molecule has 1 rings (SSSR count). The Bertz CT molecular complexity index is 425. The summed E-state index contributed by atoms with van der Waals surface area (Å²) in [4.78, 5) is 24.9. The van der Waals surface area contributed by atoms with E-state index in [9.17, 15) is 9.59 Å². The predicted octanol–water partition coefficient (Wildman–Crippen LogP) is 1.31. The molecule has 0 aliphatic carbocycles. The minimum atomic E-state index is -1.51. The van der Waals surface area contributed by atoms with E-state index in [0.29, 0.717) is 10.3 Å². The second kappa shape index (κ2) is 5.26. The van der Waals surface area contributed by atoms with Crippen molar-refractivity contribution in [2.45, 2.75) is 0 Å². The minimum absolute atomic E-state index is 0.489. The summed E-state index contributed by atoms with van der Waals surface area (Å²) in [5.41, 5.74) is -0.258. The number of nitrogens with zero attached hydrogens (tertiary/aromatic N) is 1. The second-order valence-electron chi connectivity index (χ2n) is 2.68. The topological polar surface area (TPSA) is 99.5 Å². The van der Waals surface area contributed by atoms with Gasteiger partial charge < -0.3 is 15.5 Å². The van der Waals surface area contributed by atoms with Crippen molar-refractivity contribution in [3.05, 3.63) is 34.7 Å². The molecule has 1 heterocycles. The molecule has 0 bridgehead atoms. The van der Waals surface area contributed by atoms with Gasteiger partial charge in [0.05, 0.1) is 11.9 Å². The fourth-order valence-corrected chi connectivity index (χ4v) is 1.07. The smallest absolute Gasteiger partial charge is 0.344 e. The van der Waals surface area contributed by atoms with Gasteiger partial charge in [-0.3, -0.25) is 0 Å². The summed E-state index contributed by atoms with van der Waals surface area (Å²) in [5.74, 6) is -3.02. The number of carboxylic acids is 2. The quantitative estimate of drug-likeness (QED) is 0.334. The molecule has 7 heteroatoms. The van der Waals surface area contributed by atoms with Crippen LogP contribution in [-0.4, -0.2) is 27.1 Å². The van der Waals surface area contributed by atoms with Crippen LogP contribution in [0.15, 0.2) is 34.7 Å². The van der Waals surface area contributed by atoms with Crippen LogP contribution in [0.4, 0.5) is 5.69 Å². The van der Waals surface area contributed by atoms with Gasteiger partial charge in [-0.15, -0.1) is 0 Å². The number of hydrogen-bond acceptors (Lipinski definition) is 4. The van der Waals surface area contributed by atoms with Crippen LogP contribution in [0.2, 0.25) is 0 Å². The number of aliphatic carboxylic acids is 2. The Balaban J connectivity index is 2.81. The Morgan fingerprint density at radius 2 is 1.94 bits per heavy atom. The van der Waals surface area contributed by atoms with Crippen LogP contribution in [-0.2, 0) is 9.59 Å². The lowest BCUT2D eigenvalue weighted by atomic mass is 10.3. The molecule has 0 aromatic carbocycles. The average Bonchev–Trinajstić information content (AvgIpc) is 2.20. The van der Waals surface area contributed by atoms with Crippen LogP contribution in [0.5, 0.6) is 0 Å². The molecular weight excluding hydrogens is 280 g/mol. The summed E-state index contributed by atoms with van der Waals surface area (Å²) in [6, 6.07) is 3.26. The van der Waals surface area contributed by atoms with Crippen molar-refractivity contribution in [3.63, 3.8) is 0 Å². The first-order valence-electron chi connectivity index (χ1n) is 4.05. The first-order valence-corrected chi connectivity index (χ1v) is 4.85. The predicted molar refractivity (Wildman–Crippen MR) is 58.9 cm³/mol. The molecule has 0 saturated heterocycles. The summed E-state index contributed by atoms with van der Waals surface area (Å²) >= 11 is 3.13. The molecule has 84 valence electrons. The number of carboxylic acid groups (broad SMARTS) is 2. The number of nitrogens with one attached hydrogen (secondary N) is 1. The summed E-state index contributed by atoms with van der Waals surface area (Å²) in [6.45, 7) is 0. The molecule has 6 nitrogen and oxygen atoms in total. The van der Waals surface area contributed by atoms with Crippen molar-refractivity contribution in [3.8, 4) is 0 Å². The lowest BCUT2D eigenvalue weighted by Gasteiger charge is -2.01. The van der Waals surface area contributed by atoms with Crippen molar-refractivity contribution in [2.24, 2.45) is 0 Å². The van der Waals surface area contributed by atoms with Crippen molar-refractivity contribution < 1.29 is 19.8 Å². The van der Waals surface area contributed by atoms with Gasteiger partial charge in [0.1, 0.15) is 4.60 Å². The summed E-state index contributed by atoms with van der Waals surface area (Å²) in [7, 11) is 0. The lowest BCUT2D eigenvalue weighted by Crippen LogP contribution is -2.12. The van der Waals surface area contributed by atoms with Crippen molar-refractivity contribution in [2.75, 3.05) is 5.32 Å². The molecule has 16 heavy (non-hydrogen) atoms. The fraction of sp³-hybridized carbons (Fsp3) is 0. The van der Waals surface area contributed by atoms with Crippen molar-refractivity contribution in [1.82, 2.24) is 4.98 Å². The molecule has 0 spiro atoms. The monoisotopic (exact) mass is 286 g/mol. The largest absolute Gasteiger partial charge is 0.477 e. The van der Waals surface area contributed by atoms with Gasteiger partial charge in [0.25, 0.3) is 0 Å². The van der Waals surface area contributed by atoms with Gasteiger partial charge in [-0.25, -0.2) is 14.6 Å². The number of aromatic nitrogens is 1. The van der Waals surface area contributed by atoms with E-state index in [4.69, 9.17) is 10.2 Å². The normalized spacial score (nSPS) is 9.31. The molecule has 0 aliphatic rings. The molecule has 0 unspecified atom stereocenters. The summed E-state index contributed by atoms with van der Waals surface area (Å²) < 4.78 is 0.624. The zero-order valence-corrected chi connectivity index (χ0v) is 9.43. The van der Waals surface area contributed by atoms with Crippen LogP contribution < -0.4 is 5.32 Å². The van der Waals surface area contributed by atoms with Gasteiger partial charge in [0, 0.05) is 6.20 Å². The van der Waals surface area contributed by atoms with Gasteiger partial charge in [-0.2, -0.15) is 0 Å². The van der Waals surface area contributed by atoms with E-state index >= 15 is 0 Å². The van der Waals surface area contributed by atoms with E-state index in [1.54, 1.807) is 12.1 Å². The molecule has 1 aromatic rings. The van der Waals surface area contributed by atoms with E-state index in [1.807, 2.05) is 0 Å². The maximum absolute atomic E-state index is 10.5. The molecule has 3 N–H and O–H groups in total. The summed E-state index contributed by atoms with van der Waals surface area (Å²) in [6.07, 6.45) is 2.33. The lowest BCUT2D eigenvalue weighted by molar-refractivity contribution is -0.140. The van der Waals surface area contributed by atoms with Crippen LogP contribution >= 0.6 is 15.9 Å². The highest BCUT2D eigenvalue weighted by Gasteiger charge is 2.15. The highest BCUT2D eigenvalue weighted by molar-refractivity contribution is 9.10. The Labute approximate surface area is 98.8 Å². The summed E-state index contributed by atoms with van der Waals surface area (Å²) in [5, 5.41) is 19.6. The van der Waals surface area contributed by atoms with Gasteiger partial charge in [-0.05, 0) is 28.1 Å². The highest BCUT2D eigenvalue weighted by Crippen LogP contribution is 2.10. The number of rotatable bonds is 4. The van der Waals surface area contributed by atoms with Gasteiger partial charge in [0.15, 0.2) is 5.57 Å². The SMILES string of the molecule is O=C(O)C(=CNc1ccc(Br)nc1)C(=O)O. The maximum atomic E-state index is 10.5. The van der Waals surface area contributed by atoms with Crippen LogP contribution in [0, 0.1) is 0 Å². The number of carbonyl (C=O) groups is 2. The Kier molecular flexibility index (Phi) is 4.01. The van der Waals surface area contributed by atoms with E-state index in [1.165, 1.54) is 6.20 Å². The molecule has 0 radical (unpaired) electrons. The van der Waals surface area contributed by atoms with E-state index in [0.717, 1.165) is 6.20 Å². The average molecular weight is 287 g/mol. The molecule has 0 saturated carbocycles. The standard InChI is InChI=1S/C9H7BrN2O4/c10-7-2-1-5(3-12-7)11-4-6(8(13)14)9(15)16/h1-4,11H,(H,13,14)(H,15,16). The molecular formula is C9H7BrN2O4. The molecule has 0 amide bonds. The molecule has 1 aromatic heterocycles. The molecule has 0 aliphatic heterocycles. The van der Waals surface area contributed by atoms with E-state index in [2.05, 4.69) is 26.2 Å². The van der Waals surface area contributed by atoms with Crippen LogP contribution in [0.3, 0.4) is 0 Å². The first kappa shape index (κ1) is 12.2. The number of halogens is 1. The second-order valence-corrected chi connectivity index (χ2v) is 3.49. The zero-order chi connectivity index (χ0) is 12.1. The fourth-order valence-electron chi connectivity index (χ4n) is 0.832. The number of pyridine rings is 1. The van der Waals surface area contributed by atoms with Gasteiger partial charge >= 0.3 is 11.9 Å². The number of hydrogen-bond donors (Lipinski definition) is 3. The third-order valence-corrected chi connectivity index (χ3v) is 2.04. The Hall–Kier alpha value is -1.89.